The highest BCUT2D eigenvalue weighted by Crippen LogP contribution is 2.22. The van der Waals surface area contributed by atoms with Crippen molar-refractivity contribution in [1.29, 1.82) is 0 Å². The summed E-state index contributed by atoms with van der Waals surface area (Å²) in [6.45, 7) is 9.06. The third-order valence-corrected chi connectivity index (χ3v) is 4.00. The van der Waals surface area contributed by atoms with Gasteiger partial charge in [-0.05, 0) is 45.0 Å². The molecule has 0 radical (unpaired) electrons. The fraction of sp³-hybridized carbons (Fsp3) is 0.389. The van der Waals surface area contributed by atoms with Crippen LogP contribution in [0.4, 0.5) is 11.4 Å². The number of aryl methyl sites for hydroxylation is 1. The number of aliphatic imine (C=N–C) groups is 1. The second kappa shape index (κ2) is 7.47. The first-order chi connectivity index (χ1) is 12.5. The Bertz CT molecular complexity index is 866. The van der Waals surface area contributed by atoms with Crippen molar-refractivity contribution in [3.63, 3.8) is 0 Å². The topological polar surface area (TPSA) is 85.0 Å². The zero-order valence-corrected chi connectivity index (χ0v) is 15.4. The second-order valence-corrected chi connectivity index (χ2v) is 5.95. The van der Waals surface area contributed by atoms with Crippen LogP contribution in [0.1, 0.15) is 32.4 Å². The first kappa shape index (κ1) is 17.8. The summed E-state index contributed by atoms with van der Waals surface area (Å²) in [5.74, 6) is 1.08. The highest BCUT2D eigenvalue weighted by atomic mass is 16.5. The summed E-state index contributed by atoms with van der Waals surface area (Å²) in [6.07, 6.45) is 0. The number of benzene rings is 1. The number of nitrogens with zero attached hydrogens (tertiary/aromatic N) is 6. The molecule has 0 unspecified atom stereocenters. The molecule has 1 aliphatic rings. The van der Waals surface area contributed by atoms with E-state index >= 15 is 0 Å². The van der Waals surface area contributed by atoms with Crippen LogP contribution in [-0.2, 0) is 9.53 Å². The second-order valence-electron chi connectivity index (χ2n) is 5.95. The molecule has 0 atom stereocenters. The third kappa shape index (κ3) is 3.79. The molecule has 8 nitrogen and oxygen atoms in total. The lowest BCUT2D eigenvalue weighted by Crippen LogP contribution is -2.27. The molecule has 0 bridgehead atoms. The molecule has 0 amide bonds. The van der Waals surface area contributed by atoms with Crippen LogP contribution in [-0.4, -0.2) is 52.0 Å². The predicted octanol–water partition coefficient (Wildman–Crippen LogP) is 2.33. The Balaban J connectivity index is 1.75. The highest BCUT2D eigenvalue weighted by Gasteiger charge is 2.23. The number of anilines is 1. The van der Waals surface area contributed by atoms with Gasteiger partial charge in [0.2, 0.25) is 5.82 Å². The van der Waals surface area contributed by atoms with Gasteiger partial charge in [-0.25, -0.2) is 9.98 Å². The molecule has 3 rings (SSSR count). The Morgan fingerprint density at radius 3 is 2.65 bits per heavy atom. The summed E-state index contributed by atoms with van der Waals surface area (Å²) in [5, 5.41) is 8.55. The number of carbonyl (C=O) groups excluding carboxylic acids is 1. The molecule has 0 N–H and O–H groups in total. The van der Waals surface area contributed by atoms with E-state index in [0.29, 0.717) is 24.8 Å². The average molecular weight is 354 g/mol. The van der Waals surface area contributed by atoms with Gasteiger partial charge in [-0.2, -0.15) is 5.10 Å². The number of fused-ring (bicyclic) bond motifs is 1. The molecule has 0 saturated carbocycles. The quantitative estimate of drug-likeness (QED) is 0.743. The monoisotopic (exact) mass is 354 g/mol. The summed E-state index contributed by atoms with van der Waals surface area (Å²) in [7, 11) is 0. The number of esters is 1. The predicted molar refractivity (Wildman–Crippen MR) is 100 cm³/mol. The number of hydrogen-bond donors (Lipinski definition) is 0. The molecule has 2 aromatic rings. The van der Waals surface area contributed by atoms with Gasteiger partial charge in [0.25, 0.3) is 0 Å². The molecule has 2 heterocycles. The van der Waals surface area contributed by atoms with Gasteiger partial charge in [-0.15, -0.1) is 9.89 Å². The Labute approximate surface area is 152 Å². The summed E-state index contributed by atoms with van der Waals surface area (Å²) in [5.41, 5.74) is 3.41. The van der Waals surface area contributed by atoms with Crippen molar-refractivity contribution in [3.8, 4) is 0 Å². The van der Waals surface area contributed by atoms with E-state index in [9.17, 15) is 4.79 Å². The Morgan fingerprint density at radius 1 is 1.27 bits per heavy atom. The Morgan fingerprint density at radius 2 is 2.00 bits per heavy atom. The molecule has 0 aliphatic carbocycles. The van der Waals surface area contributed by atoms with Crippen LogP contribution in [0.3, 0.4) is 0 Å². The largest absolute Gasteiger partial charge is 0.464 e. The van der Waals surface area contributed by atoms with Crippen molar-refractivity contribution in [3.05, 3.63) is 35.9 Å². The molecule has 136 valence electrons. The van der Waals surface area contributed by atoms with Gasteiger partial charge in [-0.1, -0.05) is 0 Å². The number of likely N-dealkylation sites (N-methyl/N-ethyl adjacent to an activating group) is 1. The number of carbonyl (C=O) groups is 1. The van der Waals surface area contributed by atoms with Gasteiger partial charge < -0.3 is 9.64 Å². The Hall–Kier alpha value is -3.03. The fourth-order valence-corrected chi connectivity index (χ4v) is 2.74. The lowest BCUT2D eigenvalue weighted by molar-refractivity contribution is -0.140. The zero-order valence-electron chi connectivity index (χ0n) is 15.4. The number of ether oxygens (including phenoxy) is 1. The number of rotatable bonds is 6. The van der Waals surface area contributed by atoms with Gasteiger partial charge in [0.15, 0.2) is 5.82 Å². The first-order valence-electron chi connectivity index (χ1n) is 8.55. The maximum absolute atomic E-state index is 10.9. The van der Waals surface area contributed by atoms with Crippen LogP contribution < -0.4 is 4.90 Å². The normalized spacial score (nSPS) is 14.3. The van der Waals surface area contributed by atoms with Crippen LogP contribution in [0.2, 0.25) is 0 Å². The van der Waals surface area contributed by atoms with Crippen LogP contribution in [0, 0.1) is 6.92 Å². The van der Waals surface area contributed by atoms with Crippen LogP contribution >= 0.6 is 0 Å². The van der Waals surface area contributed by atoms with E-state index < -0.39 is 0 Å². The zero-order chi connectivity index (χ0) is 18.7. The van der Waals surface area contributed by atoms with Crippen molar-refractivity contribution in [2.45, 2.75) is 27.7 Å². The maximum Gasteiger partial charge on any atom is 0.302 e. The van der Waals surface area contributed by atoms with Crippen LogP contribution in [0.5, 0.6) is 0 Å². The van der Waals surface area contributed by atoms with Gasteiger partial charge in [0, 0.05) is 19.2 Å². The molecule has 0 fully saturated rings. The maximum atomic E-state index is 10.9. The lowest BCUT2D eigenvalue weighted by atomic mass is 10.2. The minimum absolute atomic E-state index is 0.260. The molecule has 1 aliphatic heterocycles. The van der Waals surface area contributed by atoms with E-state index in [4.69, 9.17) is 4.74 Å². The standard InChI is InChI=1S/C18H22N6O2/c1-5-23(10-11-26-14(4)25)16-8-6-15(7-9-16)20-17-12(2)21-24-18(17)19-13(3)22-24/h6-9H,5,10-11H2,1-4H3. The van der Waals surface area contributed by atoms with E-state index in [-0.39, 0.29) is 5.97 Å². The van der Waals surface area contributed by atoms with Crippen molar-refractivity contribution in [2.75, 3.05) is 24.6 Å². The van der Waals surface area contributed by atoms with Crippen molar-refractivity contribution in [1.82, 2.24) is 14.9 Å². The van der Waals surface area contributed by atoms with E-state index in [1.165, 1.54) is 11.7 Å². The summed E-state index contributed by atoms with van der Waals surface area (Å²) in [4.78, 5) is 23.6. The van der Waals surface area contributed by atoms with Gasteiger partial charge >= 0.3 is 5.97 Å². The average Bonchev–Trinajstić information content (AvgIpc) is 3.09. The van der Waals surface area contributed by atoms with Crippen molar-refractivity contribution >= 4 is 28.8 Å². The summed E-state index contributed by atoms with van der Waals surface area (Å²) >= 11 is 0. The van der Waals surface area contributed by atoms with E-state index in [0.717, 1.165) is 29.3 Å². The minimum atomic E-state index is -0.260. The van der Waals surface area contributed by atoms with Crippen LogP contribution in [0.25, 0.3) is 0 Å². The summed E-state index contributed by atoms with van der Waals surface area (Å²) in [6, 6.07) is 7.92. The number of hydrogen-bond acceptors (Lipinski definition) is 7. The number of aromatic nitrogens is 3. The van der Waals surface area contributed by atoms with E-state index in [1.54, 1.807) is 0 Å². The minimum Gasteiger partial charge on any atom is -0.464 e. The smallest absolute Gasteiger partial charge is 0.302 e. The molecule has 0 spiro atoms. The highest BCUT2D eigenvalue weighted by molar-refractivity contribution is 6.48. The molecular weight excluding hydrogens is 332 g/mol. The molecule has 8 heteroatoms. The van der Waals surface area contributed by atoms with Crippen LogP contribution in [0.15, 0.2) is 34.4 Å². The molecule has 1 aromatic carbocycles. The van der Waals surface area contributed by atoms with Gasteiger partial charge in [0.1, 0.15) is 12.3 Å². The Kier molecular flexibility index (Phi) is 5.11. The summed E-state index contributed by atoms with van der Waals surface area (Å²) < 4.78 is 5.02. The van der Waals surface area contributed by atoms with Gasteiger partial charge in [0.05, 0.1) is 17.9 Å². The third-order valence-electron chi connectivity index (χ3n) is 4.00. The van der Waals surface area contributed by atoms with Crippen molar-refractivity contribution in [2.24, 2.45) is 10.1 Å². The van der Waals surface area contributed by atoms with E-state index in [2.05, 4.69) is 32.0 Å². The molecule has 1 aromatic heterocycles. The van der Waals surface area contributed by atoms with Gasteiger partial charge in [-0.3, -0.25) is 4.79 Å². The first-order valence-corrected chi connectivity index (χ1v) is 8.55. The molecular formula is C18H22N6O2. The fourth-order valence-electron chi connectivity index (χ4n) is 2.74. The molecule has 26 heavy (non-hydrogen) atoms. The molecule has 0 saturated heterocycles. The lowest BCUT2D eigenvalue weighted by Gasteiger charge is -2.22. The van der Waals surface area contributed by atoms with E-state index in [1.807, 2.05) is 38.1 Å². The van der Waals surface area contributed by atoms with Crippen molar-refractivity contribution < 1.29 is 9.53 Å². The SMILES string of the molecule is CCN(CCOC(C)=O)c1ccc(N=C2C(C)=Nn3nc(C)nc32)cc1.